The molecule has 5 heteroatoms. The average molecular weight is 377 g/mol. The largest absolute Gasteiger partial charge is 0.505 e. The number of carbonyl (C=O) groups excluding carboxylic acids is 1. The molecule has 5 nitrogen and oxygen atoms in total. The van der Waals surface area contributed by atoms with Crippen LogP contribution in [0.4, 0.5) is 0 Å². The Bertz CT molecular complexity index is 886. The van der Waals surface area contributed by atoms with Crippen molar-refractivity contribution in [1.82, 2.24) is 15.2 Å². The number of rotatable bonds is 3. The van der Waals surface area contributed by atoms with Gasteiger partial charge in [0.05, 0.1) is 6.04 Å². The van der Waals surface area contributed by atoms with Gasteiger partial charge in [-0.3, -0.25) is 4.79 Å². The van der Waals surface area contributed by atoms with Gasteiger partial charge in [0, 0.05) is 29.7 Å². The van der Waals surface area contributed by atoms with E-state index < -0.39 is 0 Å². The SMILES string of the molecule is C[C@]12C[C@@H]3N[C@H]1CCC[C@H]2N(C(=O)c1ncccc1O)[C@@H]3Cc1ccccc1. The third-order valence-corrected chi connectivity index (χ3v) is 7.27. The van der Waals surface area contributed by atoms with Crippen molar-refractivity contribution in [1.29, 1.82) is 0 Å². The predicted molar refractivity (Wildman–Crippen MR) is 107 cm³/mol. The maximum absolute atomic E-state index is 13.7. The summed E-state index contributed by atoms with van der Waals surface area (Å²) in [5.41, 5.74) is 1.51. The number of pyridine rings is 1. The summed E-state index contributed by atoms with van der Waals surface area (Å²) < 4.78 is 0. The molecule has 0 unspecified atom stereocenters. The van der Waals surface area contributed by atoms with Gasteiger partial charge in [0.25, 0.3) is 5.91 Å². The van der Waals surface area contributed by atoms with Crippen LogP contribution in [0.1, 0.15) is 48.7 Å². The van der Waals surface area contributed by atoms with Crippen LogP contribution < -0.4 is 5.32 Å². The summed E-state index contributed by atoms with van der Waals surface area (Å²) in [6.45, 7) is 2.34. The number of likely N-dealkylation sites (tertiary alicyclic amines) is 1. The summed E-state index contributed by atoms with van der Waals surface area (Å²) in [6, 6.07) is 14.6. The highest BCUT2D eigenvalue weighted by molar-refractivity contribution is 5.95. The average Bonchev–Trinajstić information content (AvgIpc) is 3.05. The van der Waals surface area contributed by atoms with Crippen molar-refractivity contribution in [3.05, 3.63) is 59.9 Å². The summed E-state index contributed by atoms with van der Waals surface area (Å²) in [5.74, 6) is -0.168. The van der Waals surface area contributed by atoms with Gasteiger partial charge in [-0.2, -0.15) is 0 Å². The molecule has 146 valence electrons. The van der Waals surface area contributed by atoms with Crippen molar-refractivity contribution in [2.45, 2.75) is 63.2 Å². The van der Waals surface area contributed by atoms with Crippen LogP contribution in [-0.4, -0.2) is 45.1 Å². The Labute approximate surface area is 165 Å². The van der Waals surface area contributed by atoms with Crippen LogP contribution in [0.3, 0.4) is 0 Å². The molecule has 1 aromatic heterocycles. The number of amides is 1. The van der Waals surface area contributed by atoms with Gasteiger partial charge in [0.2, 0.25) is 0 Å². The Hall–Kier alpha value is -2.40. The first-order valence-electron chi connectivity index (χ1n) is 10.3. The van der Waals surface area contributed by atoms with Crippen molar-refractivity contribution in [2.24, 2.45) is 5.41 Å². The van der Waals surface area contributed by atoms with Crippen molar-refractivity contribution >= 4 is 5.91 Å². The van der Waals surface area contributed by atoms with Gasteiger partial charge < -0.3 is 15.3 Å². The number of piperidine rings is 1. The molecule has 2 aromatic rings. The fourth-order valence-electron chi connectivity index (χ4n) is 5.95. The molecule has 2 aliphatic heterocycles. The first-order valence-corrected chi connectivity index (χ1v) is 10.3. The number of nitrogens with one attached hydrogen (secondary N) is 1. The zero-order valence-corrected chi connectivity index (χ0v) is 16.2. The highest BCUT2D eigenvalue weighted by Gasteiger charge is 2.60. The number of fused-ring (bicyclic) bond motifs is 1. The molecular formula is C23H27N3O2. The van der Waals surface area contributed by atoms with Crippen molar-refractivity contribution in [2.75, 3.05) is 0 Å². The second-order valence-corrected chi connectivity index (χ2v) is 8.82. The molecule has 5 rings (SSSR count). The van der Waals surface area contributed by atoms with Crippen LogP contribution in [0.15, 0.2) is 48.7 Å². The molecule has 1 aromatic carbocycles. The third-order valence-electron chi connectivity index (χ3n) is 7.27. The van der Waals surface area contributed by atoms with Crippen LogP contribution in [0, 0.1) is 5.41 Å². The van der Waals surface area contributed by atoms with Crippen molar-refractivity contribution in [3.8, 4) is 5.75 Å². The quantitative estimate of drug-likeness (QED) is 0.862. The van der Waals surface area contributed by atoms with Gasteiger partial charge in [-0.15, -0.1) is 0 Å². The lowest BCUT2D eigenvalue weighted by Crippen LogP contribution is -2.62. The van der Waals surface area contributed by atoms with E-state index in [1.165, 1.54) is 12.0 Å². The van der Waals surface area contributed by atoms with Crippen LogP contribution in [-0.2, 0) is 6.42 Å². The number of nitrogens with zero attached hydrogens (tertiary/aromatic N) is 2. The Morgan fingerprint density at radius 3 is 2.86 bits per heavy atom. The molecule has 5 atom stereocenters. The minimum absolute atomic E-state index is 0.0330. The van der Waals surface area contributed by atoms with E-state index >= 15 is 0 Å². The van der Waals surface area contributed by atoms with E-state index in [1.807, 2.05) is 6.07 Å². The maximum atomic E-state index is 13.7. The first kappa shape index (κ1) is 17.7. The van der Waals surface area contributed by atoms with Gasteiger partial charge in [0.15, 0.2) is 5.69 Å². The van der Waals surface area contributed by atoms with Crippen LogP contribution in [0.5, 0.6) is 5.75 Å². The zero-order chi connectivity index (χ0) is 19.3. The molecule has 0 spiro atoms. The Morgan fingerprint density at radius 1 is 1.25 bits per heavy atom. The highest BCUT2D eigenvalue weighted by Crippen LogP contribution is 2.52. The van der Waals surface area contributed by atoms with E-state index in [4.69, 9.17) is 0 Å². The van der Waals surface area contributed by atoms with E-state index in [0.717, 1.165) is 25.7 Å². The van der Waals surface area contributed by atoms with Gasteiger partial charge in [-0.1, -0.05) is 37.3 Å². The van der Waals surface area contributed by atoms with E-state index in [-0.39, 0.29) is 40.9 Å². The lowest BCUT2D eigenvalue weighted by Gasteiger charge is -2.53. The molecule has 1 saturated carbocycles. The van der Waals surface area contributed by atoms with E-state index in [9.17, 15) is 9.90 Å². The second kappa shape index (κ2) is 6.59. The number of benzene rings is 1. The molecule has 3 fully saturated rings. The van der Waals surface area contributed by atoms with Gasteiger partial charge in [-0.05, 0) is 49.8 Å². The van der Waals surface area contributed by atoms with Crippen molar-refractivity contribution < 1.29 is 9.90 Å². The fourth-order valence-corrected chi connectivity index (χ4v) is 5.95. The minimum atomic E-state index is -0.135. The second-order valence-electron chi connectivity index (χ2n) is 8.82. The number of carbonyl (C=O) groups is 1. The molecule has 1 aliphatic carbocycles. The summed E-state index contributed by atoms with van der Waals surface area (Å²) in [4.78, 5) is 20.0. The van der Waals surface area contributed by atoms with E-state index in [1.54, 1.807) is 18.3 Å². The van der Waals surface area contributed by atoms with Gasteiger partial charge in [0.1, 0.15) is 5.75 Å². The van der Waals surface area contributed by atoms with Gasteiger partial charge >= 0.3 is 0 Å². The summed E-state index contributed by atoms with van der Waals surface area (Å²) in [5, 5.41) is 14.2. The maximum Gasteiger partial charge on any atom is 0.276 e. The van der Waals surface area contributed by atoms with Crippen LogP contribution in [0.25, 0.3) is 0 Å². The van der Waals surface area contributed by atoms with Crippen LogP contribution >= 0.6 is 0 Å². The van der Waals surface area contributed by atoms with E-state index in [2.05, 4.69) is 46.4 Å². The zero-order valence-electron chi connectivity index (χ0n) is 16.2. The number of hydrogen-bond acceptors (Lipinski definition) is 4. The van der Waals surface area contributed by atoms with Crippen LogP contribution in [0.2, 0.25) is 0 Å². The number of aromatic nitrogens is 1. The number of hydrogen-bond donors (Lipinski definition) is 2. The standard InChI is InChI=1S/C23H27N3O2/c1-23-14-16-17(13-15-7-3-2-4-8-15)26(20(23)11-5-10-19(23)25-16)22(28)21-18(27)9-6-12-24-21/h2-4,6-9,12,16-17,19-20,25,27H,5,10-11,13-14H2,1H3/t16-,17+,19-,20+,23-/m0/s1. The molecule has 28 heavy (non-hydrogen) atoms. The molecule has 3 aliphatic rings. The molecule has 2 N–H and O–H groups in total. The topological polar surface area (TPSA) is 65.5 Å². The number of aromatic hydroxyl groups is 1. The van der Waals surface area contributed by atoms with Gasteiger partial charge in [-0.25, -0.2) is 4.98 Å². The first-order chi connectivity index (χ1) is 13.6. The highest BCUT2D eigenvalue weighted by atomic mass is 16.3. The lowest BCUT2D eigenvalue weighted by molar-refractivity contribution is -0.0116. The summed E-state index contributed by atoms with van der Waals surface area (Å²) in [6.07, 6.45) is 6.83. The monoisotopic (exact) mass is 377 g/mol. The molecule has 1 amide bonds. The minimum Gasteiger partial charge on any atom is -0.505 e. The Morgan fingerprint density at radius 2 is 2.07 bits per heavy atom. The molecule has 0 radical (unpaired) electrons. The molecule has 2 saturated heterocycles. The lowest BCUT2D eigenvalue weighted by atomic mass is 9.64. The third kappa shape index (κ3) is 2.64. The molecule has 2 bridgehead atoms. The normalized spacial score (nSPS) is 33.7. The Kier molecular flexibility index (Phi) is 4.16. The predicted octanol–water partition coefficient (Wildman–Crippen LogP) is 3.14. The summed E-state index contributed by atoms with van der Waals surface area (Å²) >= 11 is 0. The molecule has 3 heterocycles. The summed E-state index contributed by atoms with van der Waals surface area (Å²) in [7, 11) is 0. The van der Waals surface area contributed by atoms with E-state index in [0.29, 0.717) is 6.04 Å². The smallest absolute Gasteiger partial charge is 0.276 e. The fraction of sp³-hybridized carbons (Fsp3) is 0.478. The molecular weight excluding hydrogens is 350 g/mol. The van der Waals surface area contributed by atoms with Crippen molar-refractivity contribution in [3.63, 3.8) is 0 Å². The Balaban J connectivity index is 1.57.